The van der Waals surface area contributed by atoms with Crippen LogP contribution in [-0.4, -0.2) is 35.2 Å². The molecule has 1 aromatic carbocycles. The maximum Gasteiger partial charge on any atom is 0.532 e. The summed E-state index contributed by atoms with van der Waals surface area (Å²) in [5.74, 6) is 0. The smallest absolute Gasteiger partial charge is 0.377 e. The number of allylic oxidation sites excluding steroid dienone is 1. The first kappa shape index (κ1) is 20.1. The highest BCUT2D eigenvalue weighted by atomic mass is 28.4. The Morgan fingerprint density at radius 3 is 2.04 bits per heavy atom. The lowest BCUT2D eigenvalue weighted by Crippen LogP contribution is -2.48. The molecule has 130 valence electrons. The third-order valence-corrected chi connectivity index (χ3v) is 6.44. The van der Waals surface area contributed by atoms with Gasteiger partial charge in [0.1, 0.15) is 0 Å². The van der Waals surface area contributed by atoms with Crippen LogP contribution in [0.25, 0.3) is 0 Å². The van der Waals surface area contributed by atoms with Gasteiger partial charge in [-0.05, 0) is 44.4 Å². The van der Waals surface area contributed by atoms with Gasteiger partial charge in [-0.3, -0.25) is 0 Å². The van der Waals surface area contributed by atoms with Crippen LogP contribution < -0.4 is 0 Å². The average Bonchev–Trinajstić information content (AvgIpc) is 2.56. The minimum Gasteiger partial charge on any atom is -0.377 e. The number of benzene rings is 1. The third-order valence-electron chi connectivity index (χ3n) is 3.31. The molecule has 0 heterocycles. The number of hydrogen-bond donors (Lipinski definition) is 0. The molecule has 0 atom stereocenters. The highest BCUT2D eigenvalue weighted by molar-refractivity contribution is 6.68. The Labute approximate surface area is 141 Å². The largest absolute Gasteiger partial charge is 0.532 e. The molecule has 0 fully saturated rings. The third kappa shape index (κ3) is 6.97. The summed E-state index contributed by atoms with van der Waals surface area (Å²) in [6, 6.07) is 10.2. The standard InChI is InChI=1S/C18H30O4Si/c1-5-20-23(21-6-2,22-7-3)17(4)12-11-15-19-16-18-13-9-8-10-14-18/h8-10,13-14H,4-7,11-12,15-16H2,1-3H3. The molecule has 0 amide bonds. The molecule has 0 spiro atoms. The summed E-state index contributed by atoms with van der Waals surface area (Å²) < 4.78 is 23.3. The second kappa shape index (κ2) is 11.5. The van der Waals surface area contributed by atoms with Gasteiger partial charge in [-0.25, -0.2) is 0 Å². The second-order valence-electron chi connectivity index (χ2n) is 5.10. The van der Waals surface area contributed by atoms with Gasteiger partial charge in [0.05, 0.1) is 6.61 Å². The van der Waals surface area contributed by atoms with Gasteiger partial charge in [0.15, 0.2) is 0 Å². The van der Waals surface area contributed by atoms with E-state index in [0.29, 0.717) is 33.0 Å². The number of rotatable bonds is 13. The van der Waals surface area contributed by atoms with Crippen molar-refractivity contribution in [3.8, 4) is 0 Å². The first-order valence-electron chi connectivity index (χ1n) is 8.40. The van der Waals surface area contributed by atoms with E-state index in [1.54, 1.807) is 0 Å². The predicted molar refractivity (Wildman–Crippen MR) is 95.1 cm³/mol. The van der Waals surface area contributed by atoms with E-state index in [1.165, 1.54) is 5.56 Å². The minimum atomic E-state index is -2.77. The quantitative estimate of drug-likeness (QED) is 0.400. The Bertz CT molecular complexity index is 419. The van der Waals surface area contributed by atoms with Crippen molar-refractivity contribution in [3.05, 3.63) is 47.7 Å². The van der Waals surface area contributed by atoms with Crippen LogP contribution >= 0.6 is 0 Å². The summed E-state index contributed by atoms with van der Waals surface area (Å²) in [6.45, 7) is 13.0. The van der Waals surface area contributed by atoms with Crippen LogP contribution in [0, 0.1) is 0 Å². The molecule has 0 saturated heterocycles. The monoisotopic (exact) mass is 338 g/mol. The molecule has 0 aliphatic heterocycles. The molecule has 0 radical (unpaired) electrons. The fourth-order valence-electron chi connectivity index (χ4n) is 2.31. The van der Waals surface area contributed by atoms with E-state index < -0.39 is 8.80 Å². The normalized spacial score (nSPS) is 11.6. The SMILES string of the molecule is C=C(CCCOCc1ccccc1)[Si](OCC)(OCC)OCC. The molecular formula is C18H30O4Si. The van der Waals surface area contributed by atoms with Crippen LogP contribution in [0.2, 0.25) is 0 Å². The van der Waals surface area contributed by atoms with Crippen LogP contribution in [-0.2, 0) is 24.6 Å². The van der Waals surface area contributed by atoms with Gasteiger partial charge in [0, 0.05) is 26.4 Å². The van der Waals surface area contributed by atoms with E-state index >= 15 is 0 Å². The first-order chi connectivity index (χ1) is 11.2. The summed E-state index contributed by atoms with van der Waals surface area (Å²) in [7, 11) is -2.77. The van der Waals surface area contributed by atoms with Crippen LogP contribution in [0.4, 0.5) is 0 Å². The molecule has 5 heteroatoms. The average molecular weight is 339 g/mol. The van der Waals surface area contributed by atoms with Crippen LogP contribution in [0.15, 0.2) is 42.1 Å². The fraction of sp³-hybridized carbons (Fsp3) is 0.556. The number of ether oxygens (including phenoxy) is 1. The Balaban J connectivity index is 2.39. The van der Waals surface area contributed by atoms with E-state index in [9.17, 15) is 0 Å². The molecule has 1 aromatic rings. The molecule has 1 rings (SSSR count). The zero-order chi connectivity index (χ0) is 17.0. The lowest BCUT2D eigenvalue weighted by molar-refractivity contribution is 0.0786. The predicted octanol–water partition coefficient (Wildman–Crippen LogP) is 4.13. The first-order valence-corrected chi connectivity index (χ1v) is 10.1. The molecule has 0 bridgehead atoms. The van der Waals surface area contributed by atoms with Crippen molar-refractivity contribution in [1.29, 1.82) is 0 Å². The zero-order valence-corrected chi connectivity index (χ0v) is 15.7. The molecule has 0 unspecified atom stereocenters. The van der Waals surface area contributed by atoms with E-state index in [-0.39, 0.29) is 0 Å². The fourth-order valence-corrected chi connectivity index (χ4v) is 4.79. The molecule has 0 aromatic heterocycles. The Morgan fingerprint density at radius 1 is 0.957 bits per heavy atom. The van der Waals surface area contributed by atoms with Crippen LogP contribution in [0.5, 0.6) is 0 Å². The molecule has 0 saturated carbocycles. The summed E-state index contributed by atoms with van der Waals surface area (Å²) in [4.78, 5) is 0. The molecule has 23 heavy (non-hydrogen) atoms. The van der Waals surface area contributed by atoms with Crippen LogP contribution in [0.3, 0.4) is 0 Å². The Kier molecular flexibility index (Phi) is 10.1. The Hall–Kier alpha value is -0.983. The molecular weight excluding hydrogens is 308 g/mol. The highest BCUT2D eigenvalue weighted by Crippen LogP contribution is 2.23. The maximum atomic E-state index is 5.85. The van der Waals surface area contributed by atoms with Crippen LogP contribution in [0.1, 0.15) is 39.2 Å². The highest BCUT2D eigenvalue weighted by Gasteiger charge is 2.43. The second-order valence-corrected chi connectivity index (χ2v) is 7.79. The van der Waals surface area contributed by atoms with Gasteiger partial charge in [-0.1, -0.05) is 36.9 Å². The van der Waals surface area contributed by atoms with E-state index in [0.717, 1.165) is 18.0 Å². The molecule has 4 nitrogen and oxygen atoms in total. The van der Waals surface area contributed by atoms with Gasteiger partial charge in [-0.2, -0.15) is 0 Å². The van der Waals surface area contributed by atoms with Gasteiger partial charge in [-0.15, -0.1) is 0 Å². The summed E-state index contributed by atoms with van der Waals surface area (Å²) in [6.07, 6.45) is 1.68. The molecule has 0 aliphatic carbocycles. The van der Waals surface area contributed by atoms with E-state index in [2.05, 4.69) is 18.7 Å². The lowest BCUT2D eigenvalue weighted by Gasteiger charge is -2.30. The van der Waals surface area contributed by atoms with Crippen molar-refractivity contribution in [2.45, 2.75) is 40.2 Å². The minimum absolute atomic E-state index is 0.565. The zero-order valence-electron chi connectivity index (χ0n) is 14.7. The van der Waals surface area contributed by atoms with Gasteiger partial charge in [0.2, 0.25) is 0 Å². The summed E-state index contributed by atoms with van der Waals surface area (Å²) in [5, 5.41) is 0.936. The van der Waals surface area contributed by atoms with E-state index in [4.69, 9.17) is 18.0 Å². The van der Waals surface area contributed by atoms with Crippen molar-refractivity contribution >= 4 is 8.80 Å². The van der Waals surface area contributed by atoms with Gasteiger partial charge >= 0.3 is 8.80 Å². The topological polar surface area (TPSA) is 36.9 Å². The van der Waals surface area contributed by atoms with Gasteiger partial charge in [0.25, 0.3) is 0 Å². The summed E-state index contributed by atoms with van der Waals surface area (Å²) in [5.41, 5.74) is 1.19. The molecule has 0 aliphatic rings. The lowest BCUT2D eigenvalue weighted by atomic mass is 10.2. The van der Waals surface area contributed by atoms with Crippen molar-refractivity contribution < 1.29 is 18.0 Å². The molecule has 0 N–H and O–H groups in total. The van der Waals surface area contributed by atoms with E-state index in [1.807, 2.05) is 39.0 Å². The summed E-state index contributed by atoms with van der Waals surface area (Å²) >= 11 is 0. The number of hydrogen-bond acceptors (Lipinski definition) is 4. The Morgan fingerprint density at radius 2 is 1.52 bits per heavy atom. The van der Waals surface area contributed by atoms with Crippen molar-refractivity contribution in [1.82, 2.24) is 0 Å². The van der Waals surface area contributed by atoms with Gasteiger partial charge < -0.3 is 18.0 Å². The maximum absolute atomic E-state index is 5.85. The van der Waals surface area contributed by atoms with Crippen molar-refractivity contribution in [2.24, 2.45) is 0 Å². The van der Waals surface area contributed by atoms with Crippen molar-refractivity contribution in [2.75, 3.05) is 26.4 Å². The van der Waals surface area contributed by atoms with Crippen molar-refractivity contribution in [3.63, 3.8) is 0 Å².